The summed E-state index contributed by atoms with van der Waals surface area (Å²) < 4.78 is 119. The molecule has 1 aliphatic heterocycles. The first-order chi connectivity index (χ1) is 12.6. The molecular formula is C11H15BrN2. The van der Waals surface area contributed by atoms with Crippen molar-refractivity contribution in [3.8, 4) is 0 Å². The highest BCUT2D eigenvalue weighted by Gasteiger charge is 2.17. The molecule has 1 aromatic heterocycles. The summed E-state index contributed by atoms with van der Waals surface area (Å²) in [6.45, 7) is -11.2. The van der Waals surface area contributed by atoms with Gasteiger partial charge < -0.3 is 4.90 Å². The van der Waals surface area contributed by atoms with E-state index in [1.165, 1.54) is 0 Å². The van der Waals surface area contributed by atoms with Crippen LogP contribution in [-0.4, -0.2) is 18.0 Å². The molecule has 0 radical (unpaired) electrons. The van der Waals surface area contributed by atoms with Crippen molar-refractivity contribution in [3.63, 3.8) is 0 Å². The normalized spacial score (nSPS) is 51.8. The van der Waals surface area contributed by atoms with Gasteiger partial charge in [-0.2, -0.15) is 0 Å². The van der Waals surface area contributed by atoms with Crippen LogP contribution in [0, 0.1) is 5.89 Å². The number of anilines is 1. The predicted octanol–water partition coefficient (Wildman–Crippen LogP) is 3.08. The second kappa shape index (κ2) is 4.30. The molecule has 2 rings (SSSR count). The Hall–Kier alpha value is -0.570. The molecule has 0 bridgehead atoms. The number of hydrogen-bond acceptors (Lipinski definition) is 2. The molecule has 0 spiro atoms. The van der Waals surface area contributed by atoms with Crippen LogP contribution in [0.2, 0.25) is 0 Å². The maximum Gasteiger partial charge on any atom is 0.0853 e. The molecule has 0 unspecified atom stereocenters. The lowest BCUT2D eigenvalue weighted by Crippen LogP contribution is -2.32. The van der Waals surface area contributed by atoms with Crippen molar-refractivity contribution in [2.75, 3.05) is 17.9 Å². The Labute approximate surface area is 115 Å². The van der Waals surface area contributed by atoms with Crippen molar-refractivity contribution in [1.29, 1.82) is 0 Å². The van der Waals surface area contributed by atoms with Gasteiger partial charge in [-0.1, -0.05) is 6.85 Å². The van der Waals surface area contributed by atoms with E-state index < -0.39 is 67.0 Å². The summed E-state index contributed by atoms with van der Waals surface area (Å²) >= 11 is 2.82. The third-order valence-electron chi connectivity index (χ3n) is 1.40. The summed E-state index contributed by atoms with van der Waals surface area (Å²) in [6.07, 6.45) is -9.31. The first-order valence-corrected chi connectivity index (χ1v) is 4.35. The number of nitrogens with zero attached hydrogens (tertiary/aromatic N) is 2. The van der Waals surface area contributed by atoms with Gasteiger partial charge in [-0.25, -0.2) is 0 Å². The highest BCUT2D eigenvalue weighted by Crippen LogP contribution is 2.28. The molecule has 1 fully saturated rings. The molecule has 1 aliphatic rings. The summed E-state index contributed by atoms with van der Waals surface area (Å²) in [5, 5.41) is 0. The van der Waals surface area contributed by atoms with Gasteiger partial charge >= 0.3 is 0 Å². The van der Waals surface area contributed by atoms with E-state index in [0.717, 1.165) is 0 Å². The number of pyridine rings is 1. The van der Waals surface area contributed by atoms with E-state index in [2.05, 4.69) is 20.9 Å². The molecule has 2 nitrogen and oxygen atoms in total. The molecule has 76 valence electrons. The number of aromatic nitrogens is 1. The van der Waals surface area contributed by atoms with Crippen LogP contribution in [-0.2, 0) is 0 Å². The average Bonchev–Trinajstić information content (AvgIpc) is 2.52. The van der Waals surface area contributed by atoms with Crippen LogP contribution in [0.5, 0.6) is 0 Å². The first kappa shape index (κ1) is 2.40. The van der Waals surface area contributed by atoms with Crippen molar-refractivity contribution in [1.82, 2.24) is 4.98 Å². The van der Waals surface area contributed by atoms with Crippen LogP contribution >= 0.6 is 15.9 Å². The van der Waals surface area contributed by atoms with Gasteiger partial charge in [0.15, 0.2) is 0 Å². The summed E-state index contributed by atoms with van der Waals surface area (Å²) in [4.78, 5) is 3.23. The Kier molecular flexibility index (Phi) is 0.736. The molecule has 14 heavy (non-hydrogen) atoms. The van der Waals surface area contributed by atoms with Crippen LogP contribution in [0.4, 0.5) is 5.69 Å². The van der Waals surface area contributed by atoms with E-state index in [9.17, 15) is 0 Å². The van der Waals surface area contributed by atoms with Crippen LogP contribution in [0.1, 0.15) is 40.2 Å². The Morgan fingerprint density at radius 2 is 2.57 bits per heavy atom. The highest BCUT2D eigenvalue weighted by molar-refractivity contribution is 9.10. The summed E-state index contributed by atoms with van der Waals surface area (Å²) in [7, 11) is 0. The van der Waals surface area contributed by atoms with Crippen LogP contribution in [0.25, 0.3) is 0 Å². The van der Waals surface area contributed by atoms with Gasteiger partial charge in [0.25, 0.3) is 0 Å². The van der Waals surface area contributed by atoms with Gasteiger partial charge in [0.2, 0.25) is 0 Å². The smallest absolute Gasteiger partial charge is 0.0853 e. The fraction of sp³-hybridized carbons (Fsp3) is 0.545. The van der Waals surface area contributed by atoms with E-state index in [4.69, 9.17) is 20.6 Å². The average molecular weight is 270 g/mol. The topological polar surface area (TPSA) is 16.1 Å². The molecule has 3 heteroatoms. The molecule has 0 amide bonds. The van der Waals surface area contributed by atoms with Crippen LogP contribution < -0.4 is 4.90 Å². The zero-order chi connectivity index (χ0) is 23.2. The van der Waals surface area contributed by atoms with Crippen LogP contribution in [0.15, 0.2) is 22.9 Å². The largest absolute Gasteiger partial charge is 0.371 e. The zero-order valence-corrected chi connectivity index (χ0v) is 8.36. The van der Waals surface area contributed by atoms with Gasteiger partial charge in [-0.05, 0) is 40.6 Å². The van der Waals surface area contributed by atoms with E-state index in [1.54, 1.807) is 0 Å². The number of halogens is 1. The van der Waals surface area contributed by atoms with Crippen molar-refractivity contribution in [2.24, 2.45) is 5.89 Å². The van der Waals surface area contributed by atoms with E-state index >= 15 is 0 Å². The third-order valence-corrected chi connectivity index (χ3v) is 1.95. The third kappa shape index (κ3) is 2.08. The summed E-state index contributed by atoms with van der Waals surface area (Å²) in [5.41, 5.74) is -0.898. The maximum atomic E-state index is 8.22. The van der Waals surface area contributed by atoms with Gasteiger partial charge in [-0.3, -0.25) is 4.98 Å². The van der Waals surface area contributed by atoms with Crippen molar-refractivity contribution in [2.45, 2.75) is 19.6 Å². The van der Waals surface area contributed by atoms with E-state index in [-0.39, 0.29) is 4.90 Å². The van der Waals surface area contributed by atoms with Crippen LogP contribution in [0.3, 0.4) is 0 Å². The Bertz CT molecular complexity index is 793. The van der Waals surface area contributed by atoms with Gasteiger partial charge in [-0.15, -0.1) is 0 Å². The zero-order valence-electron chi connectivity index (χ0n) is 21.8. The number of rotatable bonds is 1. The molecule has 1 aromatic rings. The Morgan fingerprint density at radius 3 is 3.29 bits per heavy atom. The fourth-order valence-electron chi connectivity index (χ4n) is 0.814. The molecule has 0 N–H and O–H groups in total. The quantitative estimate of drug-likeness (QED) is 0.779. The Morgan fingerprint density at radius 1 is 1.79 bits per heavy atom. The predicted molar refractivity (Wildman–Crippen MR) is 62.5 cm³/mol. The minimum atomic E-state index is -3.90. The molecule has 0 atom stereocenters. The van der Waals surface area contributed by atoms with E-state index in [0.29, 0.717) is 0 Å². The van der Waals surface area contributed by atoms with Gasteiger partial charge in [0.05, 0.1) is 14.3 Å². The van der Waals surface area contributed by atoms with Gasteiger partial charge in [0.1, 0.15) is 0 Å². The summed E-state index contributed by atoms with van der Waals surface area (Å²) in [6, 6.07) is -0.946. The standard InChI is InChI=1S/C11H15BrN2/c1-9-3-6-14(7-4-9)11-2-5-13-8-10(11)12/h2,5,8-9H,3-4,6-7H2,1H3/i1D3,2D,3D2,4D2,5D,6D2,7D2,8D,9D. The lowest BCUT2D eigenvalue weighted by molar-refractivity contribution is 0.438. The monoisotopic (exact) mass is 269 g/mol. The van der Waals surface area contributed by atoms with E-state index in [1.807, 2.05) is 0 Å². The maximum absolute atomic E-state index is 8.22. The molecular weight excluding hydrogens is 240 g/mol. The first-order valence-electron chi connectivity index (χ1n) is 11.1. The highest BCUT2D eigenvalue weighted by atomic mass is 79.9. The molecule has 1 saturated heterocycles. The molecule has 0 saturated carbocycles. The lowest BCUT2D eigenvalue weighted by Gasteiger charge is -2.32. The minimum Gasteiger partial charge on any atom is -0.371 e. The summed E-state index contributed by atoms with van der Waals surface area (Å²) in [5.74, 6) is -3.90. The number of piperidine rings is 1. The molecule has 0 aromatic carbocycles. The fourth-order valence-corrected chi connectivity index (χ4v) is 1.18. The van der Waals surface area contributed by atoms with Crippen molar-refractivity contribution in [3.05, 3.63) is 22.9 Å². The lowest BCUT2D eigenvalue weighted by atomic mass is 9.99. The minimum absolute atomic E-state index is 0.150. The SMILES string of the molecule is [2H]c1nc([2H])c(Br)c(N2C([2H])([2H])C([2H])([2H])C([2H])(C([2H])([2H])[2H])C([2H])([2H])C2([2H])[2H])c1[2H]. The second-order valence-electron chi connectivity index (χ2n) is 2.31. The molecule has 0 aliphatic carbocycles. The van der Waals surface area contributed by atoms with Crippen molar-refractivity contribution >= 4 is 21.6 Å². The molecule has 2 heterocycles. The second-order valence-corrected chi connectivity index (χ2v) is 3.10. The van der Waals surface area contributed by atoms with Gasteiger partial charge in [0, 0.05) is 41.8 Å². The Balaban J connectivity index is 3.04. The van der Waals surface area contributed by atoms with Crippen molar-refractivity contribution < 1.29 is 20.6 Å². The number of hydrogen-bond donors (Lipinski definition) is 0.